The van der Waals surface area contributed by atoms with E-state index in [0.29, 0.717) is 6.04 Å². The highest BCUT2D eigenvalue weighted by atomic mass is 14.9. The van der Waals surface area contributed by atoms with Crippen LogP contribution in [0.3, 0.4) is 0 Å². The Kier molecular flexibility index (Phi) is 6.25. The lowest BCUT2D eigenvalue weighted by molar-refractivity contribution is 0.442. The molecule has 1 N–H and O–H groups in total. The second kappa shape index (κ2) is 8.19. The Morgan fingerprint density at radius 2 is 1.71 bits per heavy atom. The van der Waals surface area contributed by atoms with Gasteiger partial charge in [-0.15, -0.1) is 0 Å². The van der Waals surface area contributed by atoms with Gasteiger partial charge in [0.15, 0.2) is 0 Å². The molecule has 0 aliphatic rings. The molecular weight excluding hydrogens is 254 g/mol. The van der Waals surface area contributed by atoms with Gasteiger partial charge in [0.05, 0.1) is 0 Å². The average Bonchev–Trinajstić information content (AvgIpc) is 2.47. The van der Waals surface area contributed by atoms with Crippen LogP contribution in [0.15, 0.2) is 42.5 Å². The third-order valence-corrected chi connectivity index (χ3v) is 4.12. The van der Waals surface area contributed by atoms with E-state index >= 15 is 0 Å². The number of hydrogen-bond acceptors (Lipinski definition) is 1. The summed E-state index contributed by atoms with van der Waals surface area (Å²) in [4.78, 5) is 0. The smallest absolute Gasteiger partial charge is 0.0107 e. The lowest BCUT2D eigenvalue weighted by Gasteiger charge is -2.19. The fourth-order valence-corrected chi connectivity index (χ4v) is 2.99. The first-order valence-corrected chi connectivity index (χ1v) is 8.40. The third-order valence-electron chi connectivity index (χ3n) is 4.12. The Labute approximate surface area is 129 Å². The summed E-state index contributed by atoms with van der Waals surface area (Å²) in [5.41, 5.74) is 1.45. The van der Waals surface area contributed by atoms with Crippen LogP contribution in [0, 0.1) is 5.92 Å². The van der Waals surface area contributed by atoms with Gasteiger partial charge in [0.1, 0.15) is 0 Å². The highest BCUT2D eigenvalue weighted by Crippen LogP contribution is 2.18. The van der Waals surface area contributed by atoms with E-state index in [4.69, 9.17) is 0 Å². The summed E-state index contributed by atoms with van der Waals surface area (Å²) in [5, 5.41) is 6.34. The quantitative estimate of drug-likeness (QED) is 0.703. The Hall–Kier alpha value is -1.34. The Morgan fingerprint density at radius 1 is 0.952 bits per heavy atom. The van der Waals surface area contributed by atoms with Crippen molar-refractivity contribution in [1.29, 1.82) is 0 Å². The zero-order valence-corrected chi connectivity index (χ0v) is 13.7. The minimum atomic E-state index is 0.606. The van der Waals surface area contributed by atoms with E-state index in [9.17, 15) is 0 Å². The first-order valence-electron chi connectivity index (χ1n) is 8.40. The fourth-order valence-electron chi connectivity index (χ4n) is 2.99. The average molecular weight is 283 g/mol. The predicted molar refractivity (Wildman–Crippen MR) is 93.8 cm³/mol. The van der Waals surface area contributed by atoms with E-state index < -0.39 is 0 Å². The van der Waals surface area contributed by atoms with Gasteiger partial charge in [0.2, 0.25) is 0 Å². The number of likely N-dealkylation sites (N-methyl/N-ethyl adjacent to an activating group) is 1. The van der Waals surface area contributed by atoms with Crippen molar-refractivity contribution in [2.75, 3.05) is 6.54 Å². The van der Waals surface area contributed by atoms with E-state index in [2.05, 4.69) is 68.6 Å². The molecular formula is C20H29N. The molecule has 0 aromatic heterocycles. The monoisotopic (exact) mass is 283 g/mol. The van der Waals surface area contributed by atoms with E-state index in [-0.39, 0.29) is 0 Å². The van der Waals surface area contributed by atoms with E-state index in [1.807, 2.05) is 0 Å². The van der Waals surface area contributed by atoms with Crippen LogP contribution >= 0.6 is 0 Å². The van der Waals surface area contributed by atoms with Gasteiger partial charge in [-0.1, -0.05) is 76.1 Å². The van der Waals surface area contributed by atoms with Gasteiger partial charge in [-0.05, 0) is 41.6 Å². The van der Waals surface area contributed by atoms with Crippen molar-refractivity contribution >= 4 is 10.8 Å². The molecule has 114 valence electrons. The Morgan fingerprint density at radius 3 is 2.43 bits per heavy atom. The summed E-state index contributed by atoms with van der Waals surface area (Å²) >= 11 is 0. The van der Waals surface area contributed by atoms with Crippen LogP contribution in [0.25, 0.3) is 10.8 Å². The zero-order chi connectivity index (χ0) is 15.1. The molecule has 1 unspecified atom stereocenters. The Balaban J connectivity index is 2.00. The normalized spacial score (nSPS) is 13.0. The van der Waals surface area contributed by atoms with Crippen LogP contribution in [-0.2, 0) is 6.42 Å². The number of benzene rings is 2. The van der Waals surface area contributed by atoms with Gasteiger partial charge in [0, 0.05) is 6.04 Å². The van der Waals surface area contributed by atoms with E-state index in [1.54, 1.807) is 0 Å². The molecule has 1 atom stereocenters. The standard InChI is InChI=1S/C20H29N/c1-4-21-20(11-7-8-16(2)3)15-17-12-13-18-9-5-6-10-19(18)14-17/h5-6,9-10,12-14,16,20-21H,4,7-8,11,15H2,1-3H3. The van der Waals surface area contributed by atoms with Crippen molar-refractivity contribution < 1.29 is 0 Å². The van der Waals surface area contributed by atoms with Gasteiger partial charge < -0.3 is 5.32 Å². The summed E-state index contributed by atoms with van der Waals surface area (Å²) in [5.74, 6) is 0.813. The van der Waals surface area contributed by atoms with Crippen LogP contribution in [-0.4, -0.2) is 12.6 Å². The molecule has 2 aromatic rings. The third kappa shape index (κ3) is 5.17. The maximum Gasteiger partial charge on any atom is 0.0107 e. The van der Waals surface area contributed by atoms with Crippen molar-refractivity contribution in [1.82, 2.24) is 5.32 Å². The number of nitrogens with one attached hydrogen (secondary N) is 1. The van der Waals surface area contributed by atoms with Gasteiger partial charge in [-0.3, -0.25) is 0 Å². The molecule has 21 heavy (non-hydrogen) atoms. The lowest BCUT2D eigenvalue weighted by Crippen LogP contribution is -2.31. The van der Waals surface area contributed by atoms with Gasteiger partial charge in [-0.2, -0.15) is 0 Å². The number of fused-ring (bicyclic) bond motifs is 1. The molecule has 1 nitrogen and oxygen atoms in total. The summed E-state index contributed by atoms with van der Waals surface area (Å²) in [7, 11) is 0. The molecule has 2 aromatic carbocycles. The molecule has 0 saturated heterocycles. The first-order chi connectivity index (χ1) is 10.2. The molecule has 0 amide bonds. The molecule has 0 aliphatic carbocycles. The van der Waals surface area contributed by atoms with Gasteiger partial charge in [-0.25, -0.2) is 0 Å². The zero-order valence-electron chi connectivity index (χ0n) is 13.7. The maximum absolute atomic E-state index is 3.65. The molecule has 0 fully saturated rings. The highest BCUT2D eigenvalue weighted by Gasteiger charge is 2.09. The molecule has 2 rings (SSSR count). The fraction of sp³-hybridized carbons (Fsp3) is 0.500. The van der Waals surface area contributed by atoms with Crippen LogP contribution < -0.4 is 5.32 Å². The van der Waals surface area contributed by atoms with E-state index in [0.717, 1.165) is 18.9 Å². The van der Waals surface area contributed by atoms with Crippen molar-refractivity contribution in [3.8, 4) is 0 Å². The molecule has 0 aliphatic heterocycles. The van der Waals surface area contributed by atoms with Crippen LogP contribution in [0.1, 0.15) is 45.6 Å². The molecule has 0 spiro atoms. The molecule has 1 heteroatoms. The minimum Gasteiger partial charge on any atom is -0.314 e. The molecule has 0 saturated carbocycles. The first kappa shape index (κ1) is 16.0. The predicted octanol–water partition coefficient (Wildman–Crippen LogP) is 5.19. The second-order valence-corrected chi connectivity index (χ2v) is 6.46. The molecule has 0 bridgehead atoms. The summed E-state index contributed by atoms with van der Waals surface area (Å²) in [6, 6.07) is 16.1. The minimum absolute atomic E-state index is 0.606. The topological polar surface area (TPSA) is 12.0 Å². The Bertz CT molecular complexity index is 544. The lowest BCUT2D eigenvalue weighted by atomic mass is 9.96. The molecule has 0 radical (unpaired) electrons. The van der Waals surface area contributed by atoms with Gasteiger partial charge >= 0.3 is 0 Å². The van der Waals surface area contributed by atoms with Crippen molar-refractivity contribution in [3.05, 3.63) is 48.0 Å². The molecule has 0 heterocycles. The van der Waals surface area contributed by atoms with Crippen LogP contribution in [0.5, 0.6) is 0 Å². The van der Waals surface area contributed by atoms with Crippen molar-refractivity contribution in [3.63, 3.8) is 0 Å². The van der Waals surface area contributed by atoms with Crippen molar-refractivity contribution in [2.45, 2.75) is 52.5 Å². The van der Waals surface area contributed by atoms with Gasteiger partial charge in [0.25, 0.3) is 0 Å². The largest absolute Gasteiger partial charge is 0.314 e. The van der Waals surface area contributed by atoms with Crippen molar-refractivity contribution in [2.24, 2.45) is 5.92 Å². The summed E-state index contributed by atoms with van der Waals surface area (Å²) < 4.78 is 0. The highest BCUT2D eigenvalue weighted by molar-refractivity contribution is 5.82. The van der Waals surface area contributed by atoms with E-state index in [1.165, 1.54) is 35.6 Å². The summed E-state index contributed by atoms with van der Waals surface area (Å²) in [6.07, 6.45) is 5.07. The number of hydrogen-bond donors (Lipinski definition) is 1. The summed E-state index contributed by atoms with van der Waals surface area (Å²) in [6.45, 7) is 7.88. The maximum atomic E-state index is 3.65. The SMILES string of the molecule is CCNC(CCCC(C)C)Cc1ccc2ccccc2c1. The second-order valence-electron chi connectivity index (χ2n) is 6.46. The number of rotatable bonds is 8. The van der Waals surface area contributed by atoms with Crippen LogP contribution in [0.4, 0.5) is 0 Å². The van der Waals surface area contributed by atoms with Crippen LogP contribution in [0.2, 0.25) is 0 Å².